The molecular formula is C14H26O3. The van der Waals surface area contributed by atoms with Crippen LogP contribution in [-0.2, 0) is 14.3 Å². The van der Waals surface area contributed by atoms with Crippen molar-refractivity contribution in [2.24, 2.45) is 0 Å². The van der Waals surface area contributed by atoms with Gasteiger partial charge in [-0.2, -0.15) is 0 Å². The molecule has 0 amide bonds. The van der Waals surface area contributed by atoms with Gasteiger partial charge >= 0.3 is 5.97 Å². The van der Waals surface area contributed by atoms with Crippen LogP contribution < -0.4 is 0 Å². The molecule has 17 heavy (non-hydrogen) atoms. The van der Waals surface area contributed by atoms with Crippen molar-refractivity contribution in [2.45, 2.75) is 84.0 Å². The number of unbranched alkanes of at least 4 members (excludes halogenated alkanes) is 3. The van der Waals surface area contributed by atoms with E-state index in [1.165, 1.54) is 32.6 Å². The van der Waals surface area contributed by atoms with Crippen LogP contribution in [0.1, 0.15) is 65.7 Å². The van der Waals surface area contributed by atoms with E-state index in [1.807, 2.05) is 6.92 Å². The summed E-state index contributed by atoms with van der Waals surface area (Å²) in [5.41, 5.74) is 0. The van der Waals surface area contributed by atoms with Crippen molar-refractivity contribution in [1.82, 2.24) is 0 Å². The van der Waals surface area contributed by atoms with Crippen LogP contribution in [0.3, 0.4) is 0 Å². The van der Waals surface area contributed by atoms with E-state index in [-0.39, 0.29) is 18.2 Å². The first-order valence-electron chi connectivity index (χ1n) is 6.96. The van der Waals surface area contributed by atoms with Crippen molar-refractivity contribution in [3.8, 4) is 0 Å². The van der Waals surface area contributed by atoms with E-state index in [0.29, 0.717) is 6.10 Å². The van der Waals surface area contributed by atoms with Crippen molar-refractivity contribution in [3.05, 3.63) is 0 Å². The maximum absolute atomic E-state index is 10.9. The minimum Gasteiger partial charge on any atom is -0.460 e. The van der Waals surface area contributed by atoms with Gasteiger partial charge in [-0.05, 0) is 26.2 Å². The molecule has 3 heteroatoms. The minimum atomic E-state index is -0.202. The molecule has 3 atom stereocenters. The highest BCUT2D eigenvalue weighted by molar-refractivity contribution is 5.66. The maximum atomic E-state index is 10.9. The van der Waals surface area contributed by atoms with Crippen LogP contribution in [0.25, 0.3) is 0 Å². The molecule has 1 rings (SSSR count). The number of carbonyl (C=O) groups is 1. The number of rotatable bonds is 6. The second kappa shape index (κ2) is 7.70. The lowest BCUT2D eigenvalue weighted by molar-refractivity contribution is -0.167. The smallest absolute Gasteiger partial charge is 0.302 e. The molecule has 1 heterocycles. The predicted octanol–water partition coefficient (Wildman–Crippen LogP) is 3.46. The monoisotopic (exact) mass is 242 g/mol. The maximum Gasteiger partial charge on any atom is 0.302 e. The lowest BCUT2D eigenvalue weighted by Gasteiger charge is -2.34. The first-order valence-corrected chi connectivity index (χ1v) is 6.96. The summed E-state index contributed by atoms with van der Waals surface area (Å²) in [5.74, 6) is -0.202. The van der Waals surface area contributed by atoms with Gasteiger partial charge in [0.25, 0.3) is 0 Å². The Kier molecular flexibility index (Phi) is 6.56. The van der Waals surface area contributed by atoms with Gasteiger partial charge in [0.1, 0.15) is 6.10 Å². The van der Waals surface area contributed by atoms with Crippen LogP contribution in [0.2, 0.25) is 0 Å². The van der Waals surface area contributed by atoms with Gasteiger partial charge in [0.2, 0.25) is 0 Å². The Hall–Kier alpha value is -0.570. The standard InChI is InChI=1S/C14H26O3/c1-4-5-6-7-8-13-9-10-14(11(2)16-13)17-12(3)15/h11,13-14H,4-10H2,1-3H3/t11-,13+,14+/m1/s1. The van der Waals surface area contributed by atoms with Crippen molar-refractivity contribution in [3.63, 3.8) is 0 Å². The number of ether oxygens (including phenoxy) is 2. The van der Waals surface area contributed by atoms with Gasteiger partial charge in [-0.3, -0.25) is 4.79 Å². The zero-order valence-corrected chi connectivity index (χ0v) is 11.4. The number of esters is 1. The van der Waals surface area contributed by atoms with Crippen molar-refractivity contribution in [2.75, 3.05) is 0 Å². The topological polar surface area (TPSA) is 35.5 Å². The summed E-state index contributed by atoms with van der Waals surface area (Å²) in [4.78, 5) is 10.9. The van der Waals surface area contributed by atoms with Crippen LogP contribution in [0, 0.1) is 0 Å². The third kappa shape index (κ3) is 5.53. The number of hydrogen-bond donors (Lipinski definition) is 0. The Morgan fingerprint density at radius 3 is 2.65 bits per heavy atom. The molecule has 3 nitrogen and oxygen atoms in total. The van der Waals surface area contributed by atoms with Crippen LogP contribution >= 0.6 is 0 Å². The van der Waals surface area contributed by atoms with E-state index in [2.05, 4.69) is 6.92 Å². The molecule has 0 spiro atoms. The molecule has 0 aromatic carbocycles. The second-order valence-corrected chi connectivity index (χ2v) is 5.04. The van der Waals surface area contributed by atoms with Gasteiger partial charge in [-0.15, -0.1) is 0 Å². The Bertz CT molecular complexity index is 228. The highest BCUT2D eigenvalue weighted by Crippen LogP contribution is 2.25. The molecule has 0 aromatic rings. The molecule has 0 aromatic heterocycles. The summed E-state index contributed by atoms with van der Waals surface area (Å²) < 4.78 is 11.1. The van der Waals surface area contributed by atoms with Gasteiger partial charge in [0, 0.05) is 6.92 Å². The number of carbonyl (C=O) groups excluding carboxylic acids is 1. The summed E-state index contributed by atoms with van der Waals surface area (Å²) in [6.07, 6.45) is 8.64. The average molecular weight is 242 g/mol. The molecule has 0 saturated carbocycles. The highest BCUT2D eigenvalue weighted by Gasteiger charge is 2.29. The van der Waals surface area contributed by atoms with Crippen molar-refractivity contribution < 1.29 is 14.3 Å². The molecule has 0 bridgehead atoms. The average Bonchev–Trinajstić information content (AvgIpc) is 2.27. The Balaban J connectivity index is 2.19. The van der Waals surface area contributed by atoms with Gasteiger partial charge < -0.3 is 9.47 Å². The van der Waals surface area contributed by atoms with Gasteiger partial charge in [0.15, 0.2) is 0 Å². The fourth-order valence-electron chi connectivity index (χ4n) is 2.42. The van der Waals surface area contributed by atoms with E-state index >= 15 is 0 Å². The predicted molar refractivity (Wildman–Crippen MR) is 67.9 cm³/mol. The Morgan fingerprint density at radius 2 is 2.06 bits per heavy atom. The SMILES string of the molecule is CCCCCC[C@H]1CC[C@H](OC(C)=O)[C@@H](C)O1. The lowest BCUT2D eigenvalue weighted by atomic mass is 9.98. The number of hydrogen-bond acceptors (Lipinski definition) is 3. The van der Waals surface area contributed by atoms with Crippen molar-refractivity contribution >= 4 is 5.97 Å². The molecule has 0 unspecified atom stereocenters. The molecule has 1 fully saturated rings. The molecule has 0 aliphatic carbocycles. The van der Waals surface area contributed by atoms with E-state index in [0.717, 1.165) is 19.3 Å². The van der Waals surface area contributed by atoms with E-state index in [4.69, 9.17) is 9.47 Å². The first-order chi connectivity index (χ1) is 8.13. The fraction of sp³-hybridized carbons (Fsp3) is 0.929. The third-order valence-electron chi connectivity index (χ3n) is 3.40. The zero-order valence-electron chi connectivity index (χ0n) is 11.4. The first kappa shape index (κ1) is 14.5. The van der Waals surface area contributed by atoms with Crippen LogP contribution in [0.15, 0.2) is 0 Å². The fourth-order valence-corrected chi connectivity index (χ4v) is 2.42. The molecule has 0 N–H and O–H groups in total. The molecule has 0 radical (unpaired) electrons. The van der Waals surface area contributed by atoms with E-state index in [9.17, 15) is 4.79 Å². The quantitative estimate of drug-likeness (QED) is 0.528. The molecule has 1 aliphatic rings. The minimum absolute atomic E-state index is 0.0422. The normalized spacial score (nSPS) is 29.0. The Labute approximate surface area is 105 Å². The summed E-state index contributed by atoms with van der Waals surface area (Å²) in [6, 6.07) is 0. The van der Waals surface area contributed by atoms with Crippen LogP contribution in [0.4, 0.5) is 0 Å². The largest absolute Gasteiger partial charge is 0.460 e. The lowest BCUT2D eigenvalue weighted by Crippen LogP contribution is -2.39. The van der Waals surface area contributed by atoms with Gasteiger partial charge in [-0.1, -0.05) is 32.6 Å². The third-order valence-corrected chi connectivity index (χ3v) is 3.40. The summed E-state index contributed by atoms with van der Waals surface area (Å²) in [6.45, 7) is 5.69. The van der Waals surface area contributed by atoms with E-state index < -0.39 is 0 Å². The van der Waals surface area contributed by atoms with Gasteiger partial charge in [-0.25, -0.2) is 0 Å². The van der Waals surface area contributed by atoms with Gasteiger partial charge in [0.05, 0.1) is 12.2 Å². The molecule has 100 valence electrons. The summed E-state index contributed by atoms with van der Waals surface area (Å²) in [7, 11) is 0. The van der Waals surface area contributed by atoms with Crippen LogP contribution in [0.5, 0.6) is 0 Å². The Morgan fingerprint density at radius 1 is 1.29 bits per heavy atom. The molecule has 1 saturated heterocycles. The van der Waals surface area contributed by atoms with E-state index in [1.54, 1.807) is 0 Å². The summed E-state index contributed by atoms with van der Waals surface area (Å²) >= 11 is 0. The molecule has 1 aliphatic heterocycles. The second-order valence-electron chi connectivity index (χ2n) is 5.04. The highest BCUT2D eigenvalue weighted by atomic mass is 16.6. The van der Waals surface area contributed by atoms with Crippen LogP contribution in [-0.4, -0.2) is 24.3 Å². The zero-order chi connectivity index (χ0) is 12.7. The summed E-state index contributed by atoms with van der Waals surface area (Å²) in [5, 5.41) is 0. The van der Waals surface area contributed by atoms with Crippen molar-refractivity contribution in [1.29, 1.82) is 0 Å². The molecular weight excluding hydrogens is 216 g/mol.